The van der Waals surface area contributed by atoms with E-state index in [1.54, 1.807) is 43.5 Å². The molecule has 0 spiro atoms. The number of nitro benzene ring substituents is 1. The number of imidazole rings is 1. The van der Waals surface area contributed by atoms with Crippen molar-refractivity contribution in [3.8, 4) is 17.2 Å². The van der Waals surface area contributed by atoms with E-state index in [0.717, 1.165) is 31.8 Å². The number of hydrogen-bond acceptors (Lipinski definition) is 7. The molecular formula is C29H20N4O4S. The third-order valence-electron chi connectivity index (χ3n) is 5.95. The molecule has 6 aromatic rings. The molecule has 2 heterocycles. The zero-order valence-corrected chi connectivity index (χ0v) is 20.9. The molecule has 0 bridgehead atoms. The number of nitrogens with one attached hydrogen (secondary N) is 1. The van der Waals surface area contributed by atoms with Gasteiger partial charge in [-0.05, 0) is 66.2 Å². The number of para-hydroxylation sites is 3. The van der Waals surface area contributed by atoms with E-state index in [2.05, 4.69) is 4.98 Å². The Balaban J connectivity index is 1.44. The third kappa shape index (κ3) is 4.58. The van der Waals surface area contributed by atoms with Gasteiger partial charge < -0.3 is 14.5 Å². The van der Waals surface area contributed by atoms with Crippen LogP contribution in [0.3, 0.4) is 0 Å². The molecule has 9 heteroatoms. The monoisotopic (exact) mass is 520 g/mol. The van der Waals surface area contributed by atoms with Crippen LogP contribution in [0.4, 0.5) is 5.69 Å². The van der Waals surface area contributed by atoms with Crippen molar-refractivity contribution in [3.63, 3.8) is 0 Å². The maximum Gasteiger partial charge on any atom is 0.312 e. The Kier molecular flexibility index (Phi) is 6.03. The second-order valence-electron chi connectivity index (χ2n) is 8.41. The Hall–Kier alpha value is -5.02. The molecule has 38 heavy (non-hydrogen) atoms. The molecule has 0 aliphatic carbocycles. The second kappa shape index (κ2) is 9.79. The number of aromatic nitrogens is 3. The molecule has 0 amide bonds. The summed E-state index contributed by atoms with van der Waals surface area (Å²) in [6.07, 6.45) is 1.86. The summed E-state index contributed by atoms with van der Waals surface area (Å²) >= 11 is 1.54. The van der Waals surface area contributed by atoms with Gasteiger partial charge in [-0.3, -0.25) is 10.1 Å². The van der Waals surface area contributed by atoms with E-state index in [1.807, 2.05) is 54.6 Å². The molecule has 0 atom stereocenters. The number of H-pyrrole nitrogens is 1. The number of benzene rings is 4. The van der Waals surface area contributed by atoms with E-state index < -0.39 is 4.92 Å². The first kappa shape index (κ1) is 23.4. The Labute approximate surface area is 221 Å². The lowest BCUT2D eigenvalue weighted by molar-refractivity contribution is -0.385. The number of aromatic amines is 1. The number of nitrogens with zero attached hydrogens (tertiary/aromatic N) is 3. The van der Waals surface area contributed by atoms with E-state index in [9.17, 15) is 10.1 Å². The average Bonchev–Trinajstić information content (AvgIpc) is 3.57. The zero-order valence-electron chi connectivity index (χ0n) is 20.1. The normalized spacial score (nSPS) is 11.7. The molecule has 0 unspecified atom stereocenters. The maximum atomic E-state index is 12.0. The van der Waals surface area contributed by atoms with Crippen molar-refractivity contribution >= 4 is 49.9 Å². The van der Waals surface area contributed by atoms with Gasteiger partial charge >= 0.3 is 5.69 Å². The number of rotatable bonds is 7. The van der Waals surface area contributed by atoms with Crippen molar-refractivity contribution in [2.24, 2.45) is 0 Å². The van der Waals surface area contributed by atoms with Gasteiger partial charge in [0.1, 0.15) is 22.3 Å². The van der Waals surface area contributed by atoms with E-state index in [4.69, 9.17) is 19.4 Å². The van der Waals surface area contributed by atoms with Crippen molar-refractivity contribution in [2.45, 2.75) is 0 Å². The average molecular weight is 521 g/mol. The van der Waals surface area contributed by atoms with E-state index in [-0.39, 0.29) is 11.4 Å². The van der Waals surface area contributed by atoms with Crippen LogP contribution in [0.1, 0.15) is 16.4 Å². The fraction of sp³-hybridized carbons (Fsp3) is 0.0345. The number of hydrogen-bond donors (Lipinski definition) is 1. The minimum Gasteiger partial charge on any atom is -0.497 e. The third-order valence-corrected chi connectivity index (χ3v) is 7.02. The molecule has 0 saturated heterocycles. The fourth-order valence-electron chi connectivity index (χ4n) is 4.09. The summed E-state index contributed by atoms with van der Waals surface area (Å²) in [5.41, 5.74) is 3.80. The molecule has 2 aromatic heterocycles. The van der Waals surface area contributed by atoms with Gasteiger partial charge in [0.2, 0.25) is 5.75 Å². The van der Waals surface area contributed by atoms with E-state index in [1.165, 1.54) is 17.4 Å². The largest absolute Gasteiger partial charge is 0.497 e. The van der Waals surface area contributed by atoms with Crippen LogP contribution in [-0.4, -0.2) is 27.0 Å². The van der Waals surface area contributed by atoms with Crippen LogP contribution in [0, 0.1) is 10.1 Å². The fourth-order valence-corrected chi connectivity index (χ4v) is 5.07. The van der Waals surface area contributed by atoms with Gasteiger partial charge in [-0.2, -0.15) is 0 Å². The van der Waals surface area contributed by atoms with Crippen LogP contribution in [0.15, 0.2) is 91.0 Å². The topological polar surface area (TPSA) is 103 Å². The summed E-state index contributed by atoms with van der Waals surface area (Å²) in [4.78, 5) is 24.5. The SMILES string of the molecule is COc1ccc(Oc2ccc(/C=C(\c3nc4ccccc4[nH]3)c3nc4ccccc4s3)cc2[N+](=O)[O-])cc1. The van der Waals surface area contributed by atoms with Gasteiger partial charge in [-0.25, -0.2) is 9.97 Å². The molecule has 0 saturated carbocycles. The Morgan fingerprint density at radius 2 is 1.66 bits per heavy atom. The summed E-state index contributed by atoms with van der Waals surface area (Å²) in [6.45, 7) is 0. The van der Waals surface area contributed by atoms with Crippen LogP contribution in [0.5, 0.6) is 17.2 Å². The molecule has 1 N–H and O–H groups in total. The first-order valence-corrected chi connectivity index (χ1v) is 12.5. The van der Waals surface area contributed by atoms with Gasteiger partial charge in [0, 0.05) is 6.07 Å². The Bertz CT molecular complexity index is 1680. The van der Waals surface area contributed by atoms with E-state index in [0.29, 0.717) is 22.9 Å². The number of ether oxygens (including phenoxy) is 2. The Morgan fingerprint density at radius 1 is 0.921 bits per heavy atom. The lowest BCUT2D eigenvalue weighted by atomic mass is 10.1. The van der Waals surface area contributed by atoms with Crippen molar-refractivity contribution in [2.75, 3.05) is 7.11 Å². The number of methoxy groups -OCH3 is 1. The molecule has 6 rings (SSSR count). The summed E-state index contributed by atoms with van der Waals surface area (Å²) in [6, 6.07) is 27.4. The van der Waals surface area contributed by atoms with Crippen molar-refractivity contribution < 1.29 is 14.4 Å². The van der Waals surface area contributed by atoms with Crippen LogP contribution < -0.4 is 9.47 Å². The molecule has 186 valence electrons. The highest BCUT2D eigenvalue weighted by atomic mass is 32.1. The Morgan fingerprint density at radius 3 is 2.39 bits per heavy atom. The van der Waals surface area contributed by atoms with E-state index >= 15 is 0 Å². The molecule has 0 aliphatic heterocycles. The maximum absolute atomic E-state index is 12.0. The zero-order chi connectivity index (χ0) is 26.1. The van der Waals surface area contributed by atoms with Crippen molar-refractivity contribution in [3.05, 3.63) is 118 Å². The first-order valence-electron chi connectivity index (χ1n) is 11.7. The quantitative estimate of drug-likeness (QED) is 0.173. The lowest BCUT2D eigenvalue weighted by Gasteiger charge is -2.08. The number of thiazole rings is 1. The second-order valence-corrected chi connectivity index (χ2v) is 9.44. The predicted molar refractivity (Wildman–Crippen MR) is 149 cm³/mol. The minimum absolute atomic E-state index is 0.141. The molecule has 0 radical (unpaired) electrons. The summed E-state index contributed by atoms with van der Waals surface area (Å²) in [7, 11) is 1.57. The summed E-state index contributed by atoms with van der Waals surface area (Å²) < 4.78 is 12.0. The highest BCUT2D eigenvalue weighted by Crippen LogP contribution is 2.36. The van der Waals surface area contributed by atoms with Crippen molar-refractivity contribution in [1.82, 2.24) is 15.0 Å². The molecular weight excluding hydrogens is 500 g/mol. The highest BCUT2D eigenvalue weighted by Gasteiger charge is 2.19. The number of nitro groups is 1. The standard InChI is InChI=1S/C29H20N4O4S/c1-36-19-11-13-20(14-12-19)37-26-15-10-18(17-25(26)33(34)35)16-21(28-30-22-6-2-3-7-23(22)31-28)29-32-24-8-4-5-9-27(24)38-29/h2-17H,1H3,(H,30,31)/b21-16+. The predicted octanol–water partition coefficient (Wildman–Crippen LogP) is 7.47. The van der Waals surface area contributed by atoms with Gasteiger partial charge in [0.25, 0.3) is 0 Å². The van der Waals surface area contributed by atoms with Crippen LogP contribution in [0.25, 0.3) is 32.9 Å². The highest BCUT2D eigenvalue weighted by molar-refractivity contribution is 7.19. The minimum atomic E-state index is -0.450. The molecule has 0 fully saturated rings. The smallest absolute Gasteiger partial charge is 0.312 e. The van der Waals surface area contributed by atoms with Gasteiger partial charge in [0.15, 0.2) is 0 Å². The summed E-state index contributed by atoms with van der Waals surface area (Å²) in [5.74, 6) is 1.91. The lowest BCUT2D eigenvalue weighted by Crippen LogP contribution is -1.95. The molecule has 4 aromatic carbocycles. The first-order chi connectivity index (χ1) is 18.6. The van der Waals surface area contributed by atoms with Crippen LogP contribution in [-0.2, 0) is 0 Å². The summed E-state index contributed by atoms with van der Waals surface area (Å²) in [5, 5.41) is 12.7. The van der Waals surface area contributed by atoms with Gasteiger partial charge in [-0.15, -0.1) is 11.3 Å². The van der Waals surface area contributed by atoms with Gasteiger partial charge in [-0.1, -0.05) is 30.3 Å². The molecule has 0 aliphatic rings. The number of fused-ring (bicyclic) bond motifs is 2. The van der Waals surface area contributed by atoms with Gasteiger partial charge in [0.05, 0.1) is 38.9 Å². The van der Waals surface area contributed by atoms with Crippen LogP contribution >= 0.6 is 11.3 Å². The van der Waals surface area contributed by atoms with Crippen molar-refractivity contribution in [1.29, 1.82) is 0 Å². The van der Waals surface area contributed by atoms with Crippen LogP contribution in [0.2, 0.25) is 0 Å². The molecule has 8 nitrogen and oxygen atoms in total.